The summed E-state index contributed by atoms with van der Waals surface area (Å²) in [6.07, 6.45) is -4.99. The standard InChI is InChI=1S/C23H27F4N2O2/c1-21(2,17-13-16(24)9-10-20(17)31-3)14-22(30,23(25,26)27)15-29-12-6-11-28-18-7-4-5-8-19(18)29/h4-5,7-10,13,30H,6,11-12,14-15H2,1-3H3. The summed E-state index contributed by atoms with van der Waals surface area (Å²) < 4.78 is 61.9. The van der Waals surface area contributed by atoms with Crippen LogP contribution in [-0.4, -0.2) is 43.6 Å². The van der Waals surface area contributed by atoms with Crippen molar-refractivity contribution in [3.8, 4) is 5.75 Å². The van der Waals surface area contributed by atoms with E-state index < -0.39 is 36.0 Å². The van der Waals surface area contributed by atoms with Crippen LogP contribution in [0.4, 0.5) is 28.9 Å². The van der Waals surface area contributed by atoms with Crippen LogP contribution in [0.3, 0.4) is 0 Å². The number of fused-ring (bicyclic) bond motifs is 1. The third-order valence-corrected chi connectivity index (χ3v) is 5.70. The summed E-state index contributed by atoms with van der Waals surface area (Å²) in [5.41, 5.74) is -2.83. The van der Waals surface area contributed by atoms with E-state index in [-0.39, 0.29) is 11.3 Å². The number of aliphatic hydroxyl groups is 1. The minimum atomic E-state index is -4.90. The molecule has 1 aliphatic heterocycles. The smallest absolute Gasteiger partial charge is 0.418 e. The number of hydrogen-bond donors (Lipinski definition) is 1. The van der Waals surface area contributed by atoms with Crippen LogP contribution >= 0.6 is 0 Å². The molecule has 0 aromatic heterocycles. The van der Waals surface area contributed by atoms with Gasteiger partial charge < -0.3 is 14.7 Å². The number of para-hydroxylation sites is 2. The molecule has 1 atom stereocenters. The third-order valence-electron chi connectivity index (χ3n) is 5.70. The van der Waals surface area contributed by atoms with Crippen molar-refractivity contribution in [2.24, 2.45) is 0 Å². The van der Waals surface area contributed by atoms with Crippen molar-refractivity contribution in [3.05, 3.63) is 53.8 Å². The van der Waals surface area contributed by atoms with Gasteiger partial charge in [-0.05, 0) is 48.6 Å². The first kappa shape index (κ1) is 23.2. The van der Waals surface area contributed by atoms with Gasteiger partial charge >= 0.3 is 6.18 Å². The summed E-state index contributed by atoms with van der Waals surface area (Å²) in [6.45, 7) is 3.29. The molecule has 31 heavy (non-hydrogen) atoms. The maximum Gasteiger partial charge on any atom is 0.418 e. The number of methoxy groups -OCH3 is 1. The molecular weight excluding hydrogens is 412 g/mol. The van der Waals surface area contributed by atoms with Gasteiger partial charge in [0.15, 0.2) is 5.60 Å². The fourth-order valence-electron chi connectivity index (χ4n) is 4.21. The number of hydrogen-bond acceptors (Lipinski definition) is 3. The average Bonchev–Trinajstić information content (AvgIpc) is 2.89. The van der Waals surface area contributed by atoms with Crippen LogP contribution in [0.2, 0.25) is 0 Å². The molecule has 0 bridgehead atoms. The minimum Gasteiger partial charge on any atom is -0.496 e. The molecule has 0 spiro atoms. The largest absolute Gasteiger partial charge is 0.496 e. The van der Waals surface area contributed by atoms with E-state index in [0.29, 0.717) is 30.9 Å². The highest BCUT2D eigenvalue weighted by atomic mass is 19.4. The SMILES string of the molecule is COc1ccc(F)cc1C(C)(C)CC(O)(CN1CCC[N]c2ccccc21)C(F)(F)F. The van der Waals surface area contributed by atoms with Crippen molar-refractivity contribution < 1.29 is 27.4 Å². The van der Waals surface area contributed by atoms with E-state index in [1.165, 1.54) is 24.1 Å². The molecule has 8 heteroatoms. The van der Waals surface area contributed by atoms with Crippen molar-refractivity contribution >= 4 is 11.4 Å². The summed E-state index contributed by atoms with van der Waals surface area (Å²) >= 11 is 0. The molecule has 4 nitrogen and oxygen atoms in total. The van der Waals surface area contributed by atoms with Gasteiger partial charge in [0.1, 0.15) is 11.6 Å². The van der Waals surface area contributed by atoms with Gasteiger partial charge in [-0.25, -0.2) is 4.39 Å². The lowest BCUT2D eigenvalue weighted by atomic mass is 9.74. The molecular formula is C23H27F4N2O2. The van der Waals surface area contributed by atoms with Crippen molar-refractivity contribution in [1.29, 1.82) is 0 Å². The summed E-state index contributed by atoms with van der Waals surface area (Å²) in [6, 6.07) is 10.7. The van der Waals surface area contributed by atoms with E-state index in [1.807, 2.05) is 0 Å². The molecule has 2 aromatic rings. The quantitative estimate of drug-likeness (QED) is 0.649. The van der Waals surface area contributed by atoms with Crippen molar-refractivity contribution in [2.75, 3.05) is 31.6 Å². The first-order valence-electron chi connectivity index (χ1n) is 10.1. The Bertz CT molecular complexity index is 917. The van der Waals surface area contributed by atoms with Gasteiger partial charge in [0.2, 0.25) is 0 Å². The molecule has 0 saturated carbocycles. The molecule has 1 unspecified atom stereocenters. The summed E-state index contributed by atoms with van der Waals surface area (Å²) in [5.74, 6) is -0.308. The lowest BCUT2D eigenvalue weighted by Gasteiger charge is -2.41. The lowest BCUT2D eigenvalue weighted by molar-refractivity contribution is -0.262. The Balaban J connectivity index is 1.98. The molecule has 3 rings (SSSR count). The second-order valence-electron chi connectivity index (χ2n) is 8.58. The summed E-state index contributed by atoms with van der Waals surface area (Å²) in [7, 11) is 1.38. The summed E-state index contributed by atoms with van der Waals surface area (Å²) in [4.78, 5) is 1.54. The first-order chi connectivity index (χ1) is 14.5. The van der Waals surface area contributed by atoms with Gasteiger partial charge in [-0.2, -0.15) is 13.2 Å². The molecule has 1 radical (unpaired) electrons. The van der Waals surface area contributed by atoms with Crippen LogP contribution < -0.4 is 15.0 Å². The van der Waals surface area contributed by atoms with Gasteiger partial charge in [0.05, 0.1) is 25.0 Å². The Kier molecular flexibility index (Phi) is 6.41. The van der Waals surface area contributed by atoms with Gasteiger partial charge in [0.25, 0.3) is 0 Å². The van der Waals surface area contributed by atoms with Crippen LogP contribution in [0.5, 0.6) is 5.75 Å². The normalized spacial score (nSPS) is 16.7. The van der Waals surface area contributed by atoms with Crippen molar-refractivity contribution in [1.82, 2.24) is 5.32 Å². The highest BCUT2D eigenvalue weighted by Crippen LogP contribution is 2.45. The molecule has 169 valence electrons. The topological polar surface area (TPSA) is 46.8 Å². The molecule has 0 saturated heterocycles. The number of nitrogens with zero attached hydrogens (tertiary/aromatic N) is 2. The van der Waals surface area contributed by atoms with Crippen molar-refractivity contribution in [3.63, 3.8) is 0 Å². The molecule has 1 N–H and O–H groups in total. The highest BCUT2D eigenvalue weighted by molar-refractivity contribution is 5.67. The van der Waals surface area contributed by atoms with Crippen LogP contribution in [0.15, 0.2) is 42.5 Å². The molecule has 0 fully saturated rings. The molecule has 1 heterocycles. The average molecular weight is 439 g/mol. The van der Waals surface area contributed by atoms with Crippen LogP contribution in [0.1, 0.15) is 32.3 Å². The zero-order valence-electron chi connectivity index (χ0n) is 17.8. The molecule has 0 amide bonds. The Morgan fingerprint density at radius 2 is 1.84 bits per heavy atom. The maximum absolute atomic E-state index is 14.2. The van der Waals surface area contributed by atoms with Gasteiger partial charge in [0, 0.05) is 18.7 Å². The first-order valence-corrected chi connectivity index (χ1v) is 10.1. The number of alkyl halides is 3. The molecule has 1 aliphatic rings. The number of rotatable bonds is 6. The zero-order chi connectivity index (χ0) is 22.9. The van der Waals surface area contributed by atoms with E-state index in [4.69, 9.17) is 4.74 Å². The summed E-state index contributed by atoms with van der Waals surface area (Å²) in [5, 5.41) is 15.4. The Morgan fingerprint density at radius 3 is 2.52 bits per heavy atom. The predicted molar refractivity (Wildman–Crippen MR) is 112 cm³/mol. The van der Waals surface area contributed by atoms with Crippen LogP contribution in [0.25, 0.3) is 0 Å². The number of halogens is 4. The number of β-amino-alcohol motifs (C(OH)–C–C–N with tert-alkyl or cyclic N) is 1. The van der Waals surface area contributed by atoms with E-state index in [1.54, 1.807) is 38.1 Å². The molecule has 0 aliphatic carbocycles. The van der Waals surface area contributed by atoms with Crippen LogP contribution in [-0.2, 0) is 5.41 Å². The predicted octanol–water partition coefficient (Wildman–Crippen LogP) is 4.94. The minimum absolute atomic E-state index is 0.268. The third kappa shape index (κ3) is 4.89. The van der Waals surface area contributed by atoms with Crippen molar-refractivity contribution in [2.45, 2.75) is 43.9 Å². The number of ether oxygens (including phenoxy) is 1. The number of anilines is 1. The van der Waals surface area contributed by atoms with E-state index in [0.717, 1.165) is 6.07 Å². The van der Waals surface area contributed by atoms with Gasteiger partial charge in [-0.1, -0.05) is 26.0 Å². The second kappa shape index (κ2) is 8.57. The van der Waals surface area contributed by atoms with Gasteiger partial charge in [-0.3, -0.25) is 5.32 Å². The van der Waals surface area contributed by atoms with Crippen LogP contribution in [0, 0.1) is 5.82 Å². The maximum atomic E-state index is 14.2. The Morgan fingerprint density at radius 1 is 1.13 bits per heavy atom. The van der Waals surface area contributed by atoms with Gasteiger partial charge in [-0.15, -0.1) is 0 Å². The highest BCUT2D eigenvalue weighted by Gasteiger charge is 2.57. The lowest BCUT2D eigenvalue weighted by Crippen LogP contribution is -2.56. The fraction of sp³-hybridized carbons (Fsp3) is 0.478. The van der Waals surface area contributed by atoms with E-state index in [2.05, 4.69) is 5.32 Å². The Hall–Kier alpha value is -2.48. The number of benzene rings is 2. The fourth-order valence-corrected chi connectivity index (χ4v) is 4.21. The second-order valence-corrected chi connectivity index (χ2v) is 8.58. The zero-order valence-corrected chi connectivity index (χ0v) is 17.8. The monoisotopic (exact) mass is 439 g/mol. The molecule has 2 aromatic carbocycles. The van der Waals surface area contributed by atoms with E-state index in [9.17, 15) is 22.7 Å². The Labute approximate surface area is 179 Å². The van der Waals surface area contributed by atoms with E-state index >= 15 is 0 Å².